The van der Waals surface area contributed by atoms with E-state index >= 15 is 0 Å². The number of hydrogen-bond donors (Lipinski definition) is 2. The zero-order chi connectivity index (χ0) is 15.6. The maximum atomic E-state index is 13.6. The molecule has 0 saturated carbocycles. The molecule has 0 aromatic heterocycles. The molecule has 21 heavy (non-hydrogen) atoms. The fourth-order valence-corrected chi connectivity index (χ4v) is 1.70. The zero-order valence-electron chi connectivity index (χ0n) is 10.6. The third-order valence-corrected chi connectivity index (χ3v) is 2.79. The molecule has 0 bridgehead atoms. The van der Waals surface area contributed by atoms with Crippen molar-refractivity contribution in [3.63, 3.8) is 0 Å². The molecule has 7 heteroatoms. The number of carbonyl (C=O) groups excluding carboxylic acids is 1. The lowest BCUT2D eigenvalue weighted by molar-refractivity contribution is 0.0942. The fourth-order valence-electron chi connectivity index (χ4n) is 1.70. The number of nitrogens with one attached hydrogen (secondary N) is 1. The Balaban J connectivity index is 2.15. The van der Waals surface area contributed by atoms with Gasteiger partial charge >= 0.3 is 0 Å². The molecule has 0 aliphatic heterocycles. The van der Waals surface area contributed by atoms with Crippen molar-refractivity contribution in [1.82, 2.24) is 5.32 Å². The molecule has 3 nitrogen and oxygen atoms in total. The Morgan fingerprint density at radius 1 is 1.00 bits per heavy atom. The van der Waals surface area contributed by atoms with E-state index in [2.05, 4.69) is 5.32 Å². The highest BCUT2D eigenvalue weighted by molar-refractivity contribution is 5.95. The summed E-state index contributed by atoms with van der Waals surface area (Å²) < 4.78 is 52.8. The van der Waals surface area contributed by atoms with Crippen LogP contribution in [0.15, 0.2) is 30.3 Å². The quantitative estimate of drug-likeness (QED) is 0.676. The normalized spacial score (nSPS) is 10.5. The van der Waals surface area contributed by atoms with Crippen molar-refractivity contribution in [2.24, 2.45) is 0 Å². The van der Waals surface area contributed by atoms with E-state index < -0.39 is 34.7 Å². The summed E-state index contributed by atoms with van der Waals surface area (Å²) in [5.74, 6) is -5.38. The summed E-state index contributed by atoms with van der Waals surface area (Å²) in [7, 11) is 0. The minimum absolute atomic E-state index is 0.219. The van der Waals surface area contributed by atoms with Crippen LogP contribution in [0.5, 0.6) is 0 Å². The van der Waals surface area contributed by atoms with Crippen molar-refractivity contribution in [3.8, 4) is 0 Å². The summed E-state index contributed by atoms with van der Waals surface area (Å²) in [6.07, 6.45) is 0. The molecule has 0 fully saturated rings. The molecule has 3 N–H and O–H groups in total. The summed E-state index contributed by atoms with van der Waals surface area (Å²) >= 11 is 0. The summed E-state index contributed by atoms with van der Waals surface area (Å²) in [4.78, 5) is 11.7. The summed E-state index contributed by atoms with van der Waals surface area (Å²) in [6, 6.07) is 4.87. The van der Waals surface area contributed by atoms with Gasteiger partial charge in [0.05, 0.1) is 5.69 Å². The maximum Gasteiger partial charge on any atom is 0.257 e. The molecule has 110 valence electrons. The number of anilines is 1. The van der Waals surface area contributed by atoms with Crippen molar-refractivity contribution >= 4 is 11.6 Å². The molecular weight excluding hydrogens is 288 g/mol. The maximum absolute atomic E-state index is 13.6. The van der Waals surface area contributed by atoms with E-state index in [0.717, 1.165) is 24.3 Å². The summed E-state index contributed by atoms with van der Waals surface area (Å²) in [5, 5.41) is 2.21. The van der Waals surface area contributed by atoms with Gasteiger partial charge in [-0.05, 0) is 29.8 Å². The van der Waals surface area contributed by atoms with E-state index in [1.54, 1.807) is 0 Å². The standard InChI is InChI=1S/C14H10F4N2O/c15-8-2-1-7(5-10(8)17)6-20-14(21)12-9(16)3-4-11(19)13(12)18/h1-5H,6,19H2,(H,20,21). The van der Waals surface area contributed by atoms with Gasteiger partial charge in [0, 0.05) is 6.54 Å². The Hall–Kier alpha value is -2.57. The number of halogens is 4. The molecular formula is C14H10F4N2O. The molecule has 0 heterocycles. The second-order valence-corrected chi connectivity index (χ2v) is 4.26. The molecule has 2 rings (SSSR count). The van der Waals surface area contributed by atoms with Crippen LogP contribution in [-0.2, 0) is 6.54 Å². The Kier molecular flexibility index (Phi) is 4.11. The van der Waals surface area contributed by atoms with Crippen molar-refractivity contribution < 1.29 is 22.4 Å². The van der Waals surface area contributed by atoms with E-state index in [9.17, 15) is 22.4 Å². The van der Waals surface area contributed by atoms with Crippen molar-refractivity contribution in [1.29, 1.82) is 0 Å². The monoisotopic (exact) mass is 298 g/mol. The topological polar surface area (TPSA) is 55.1 Å². The van der Waals surface area contributed by atoms with Crippen molar-refractivity contribution in [3.05, 3.63) is 64.7 Å². The molecule has 1 amide bonds. The van der Waals surface area contributed by atoms with Gasteiger partial charge < -0.3 is 11.1 Å². The molecule has 0 spiro atoms. The fraction of sp³-hybridized carbons (Fsp3) is 0.0714. The molecule has 0 radical (unpaired) electrons. The first-order valence-corrected chi connectivity index (χ1v) is 5.85. The smallest absolute Gasteiger partial charge is 0.257 e. The minimum atomic E-state index is -1.17. The zero-order valence-corrected chi connectivity index (χ0v) is 10.6. The van der Waals surface area contributed by atoms with Gasteiger partial charge in [0.15, 0.2) is 17.5 Å². The van der Waals surface area contributed by atoms with E-state index in [0.29, 0.717) is 0 Å². The molecule has 0 aliphatic rings. The Bertz CT molecular complexity index is 704. The van der Waals surface area contributed by atoms with Crippen molar-refractivity contribution in [2.45, 2.75) is 6.54 Å². The van der Waals surface area contributed by atoms with Gasteiger partial charge in [-0.1, -0.05) is 6.07 Å². The van der Waals surface area contributed by atoms with Crippen LogP contribution < -0.4 is 11.1 Å². The highest BCUT2D eigenvalue weighted by Gasteiger charge is 2.19. The van der Waals surface area contributed by atoms with Gasteiger partial charge in [-0.25, -0.2) is 17.6 Å². The molecule has 0 atom stereocenters. The lowest BCUT2D eigenvalue weighted by atomic mass is 10.1. The number of nitrogens with two attached hydrogens (primary N) is 1. The van der Waals surface area contributed by atoms with Crippen LogP contribution in [0.1, 0.15) is 15.9 Å². The molecule has 2 aromatic rings. The highest BCUT2D eigenvalue weighted by Crippen LogP contribution is 2.18. The average molecular weight is 298 g/mol. The van der Waals surface area contributed by atoms with Crippen LogP contribution in [0.2, 0.25) is 0 Å². The third-order valence-electron chi connectivity index (χ3n) is 2.79. The lowest BCUT2D eigenvalue weighted by Gasteiger charge is -2.08. The molecule has 0 aliphatic carbocycles. The first-order valence-electron chi connectivity index (χ1n) is 5.85. The van der Waals surface area contributed by atoms with Crippen LogP contribution in [-0.4, -0.2) is 5.91 Å². The first-order chi connectivity index (χ1) is 9.90. The van der Waals surface area contributed by atoms with Crippen LogP contribution >= 0.6 is 0 Å². The third kappa shape index (κ3) is 3.13. The summed E-state index contributed by atoms with van der Waals surface area (Å²) in [6.45, 7) is -0.219. The SMILES string of the molecule is Nc1ccc(F)c(C(=O)NCc2ccc(F)c(F)c2)c1F. The predicted octanol–water partition coefficient (Wildman–Crippen LogP) is 2.76. The number of benzene rings is 2. The predicted molar refractivity (Wildman–Crippen MR) is 68.3 cm³/mol. The van der Waals surface area contributed by atoms with Gasteiger partial charge in [-0.3, -0.25) is 4.79 Å². The van der Waals surface area contributed by atoms with Gasteiger partial charge in [-0.15, -0.1) is 0 Å². The largest absolute Gasteiger partial charge is 0.396 e. The lowest BCUT2D eigenvalue weighted by Crippen LogP contribution is -2.25. The van der Waals surface area contributed by atoms with Crippen LogP contribution in [0.3, 0.4) is 0 Å². The second-order valence-electron chi connectivity index (χ2n) is 4.26. The minimum Gasteiger partial charge on any atom is -0.396 e. The summed E-state index contributed by atoms with van der Waals surface area (Å²) in [5.41, 5.74) is 4.31. The molecule has 0 unspecified atom stereocenters. The van der Waals surface area contributed by atoms with Gasteiger partial charge in [0.2, 0.25) is 0 Å². The second kappa shape index (κ2) is 5.82. The Labute approximate surface area is 117 Å². The Morgan fingerprint density at radius 2 is 1.67 bits per heavy atom. The molecule has 2 aromatic carbocycles. The van der Waals surface area contributed by atoms with E-state index in [1.807, 2.05) is 0 Å². The first kappa shape index (κ1) is 14.8. The van der Waals surface area contributed by atoms with Crippen LogP contribution in [0.25, 0.3) is 0 Å². The number of nitrogen functional groups attached to an aromatic ring is 1. The van der Waals surface area contributed by atoms with E-state index in [4.69, 9.17) is 5.73 Å². The van der Waals surface area contributed by atoms with Gasteiger partial charge in [0.1, 0.15) is 11.4 Å². The van der Waals surface area contributed by atoms with Crippen LogP contribution in [0.4, 0.5) is 23.2 Å². The number of rotatable bonds is 3. The van der Waals surface area contributed by atoms with E-state index in [1.165, 1.54) is 6.07 Å². The number of amides is 1. The Morgan fingerprint density at radius 3 is 2.33 bits per heavy atom. The average Bonchev–Trinajstić information content (AvgIpc) is 2.44. The molecule has 0 saturated heterocycles. The van der Waals surface area contributed by atoms with Crippen LogP contribution in [0, 0.1) is 23.3 Å². The van der Waals surface area contributed by atoms with Crippen molar-refractivity contribution in [2.75, 3.05) is 5.73 Å². The van der Waals surface area contributed by atoms with E-state index in [-0.39, 0.29) is 17.8 Å². The van der Waals surface area contributed by atoms with Gasteiger partial charge in [0.25, 0.3) is 5.91 Å². The highest BCUT2D eigenvalue weighted by atomic mass is 19.2. The number of carbonyl (C=O) groups is 1. The number of hydrogen-bond acceptors (Lipinski definition) is 2. The van der Waals surface area contributed by atoms with Gasteiger partial charge in [-0.2, -0.15) is 0 Å².